The van der Waals surface area contributed by atoms with E-state index in [1.54, 1.807) is 11.6 Å². The molecule has 130 valence electrons. The molecule has 0 aliphatic heterocycles. The van der Waals surface area contributed by atoms with Gasteiger partial charge in [-0.2, -0.15) is 0 Å². The molecule has 0 bridgehead atoms. The molecule has 0 unspecified atom stereocenters. The topological polar surface area (TPSA) is 76.9 Å². The van der Waals surface area contributed by atoms with E-state index in [2.05, 4.69) is 14.8 Å². The third-order valence-electron chi connectivity index (χ3n) is 3.69. The Kier molecular flexibility index (Phi) is 4.69. The lowest BCUT2D eigenvalue weighted by atomic mass is 10.2. The highest BCUT2D eigenvalue weighted by Gasteiger charge is 2.21. The molecule has 0 amide bonds. The van der Waals surface area contributed by atoms with E-state index in [1.165, 1.54) is 0 Å². The first-order valence-corrected chi connectivity index (χ1v) is 9.79. The number of sulfonamides is 1. The van der Waals surface area contributed by atoms with Gasteiger partial charge in [-0.05, 0) is 31.5 Å². The highest BCUT2D eigenvalue weighted by atomic mass is 32.2. The Bertz CT molecular complexity index is 981. The average molecular weight is 356 g/mol. The molecule has 0 saturated heterocycles. The number of nitrogens with zero attached hydrogens (tertiary/aromatic N) is 3. The van der Waals surface area contributed by atoms with Gasteiger partial charge >= 0.3 is 0 Å². The molecule has 1 heterocycles. The number of hydrogen-bond acceptors (Lipinski definition) is 4. The van der Waals surface area contributed by atoms with Gasteiger partial charge in [0.2, 0.25) is 10.0 Å². The van der Waals surface area contributed by atoms with Crippen LogP contribution >= 0.6 is 0 Å². The average Bonchev–Trinajstić information content (AvgIpc) is 3.00. The standard InChI is InChI=1S/C18H20N4O2S/c1-13-8-7-11-16(12-13)22-18(14(2)21-25(3,23)24)19-17(20-22)15-9-5-4-6-10-15/h4-12,14,21H,1-3H3/t14-/m1/s1. The maximum absolute atomic E-state index is 11.6. The summed E-state index contributed by atoms with van der Waals surface area (Å²) in [7, 11) is -3.37. The van der Waals surface area contributed by atoms with Crippen molar-refractivity contribution in [2.45, 2.75) is 19.9 Å². The van der Waals surface area contributed by atoms with Crippen LogP contribution in [0.25, 0.3) is 17.1 Å². The number of aromatic nitrogens is 3. The fourth-order valence-electron chi connectivity index (χ4n) is 2.64. The fourth-order valence-corrected chi connectivity index (χ4v) is 3.39. The van der Waals surface area contributed by atoms with Gasteiger partial charge in [-0.3, -0.25) is 0 Å². The minimum absolute atomic E-state index is 0.513. The van der Waals surface area contributed by atoms with Crippen LogP contribution in [-0.4, -0.2) is 29.4 Å². The van der Waals surface area contributed by atoms with E-state index in [-0.39, 0.29) is 0 Å². The van der Waals surface area contributed by atoms with Gasteiger partial charge in [0.25, 0.3) is 0 Å². The quantitative estimate of drug-likeness (QED) is 0.763. The zero-order valence-corrected chi connectivity index (χ0v) is 15.2. The maximum Gasteiger partial charge on any atom is 0.209 e. The van der Waals surface area contributed by atoms with Gasteiger partial charge in [-0.15, -0.1) is 5.10 Å². The molecular weight excluding hydrogens is 336 g/mol. The van der Waals surface area contributed by atoms with E-state index in [1.807, 2.05) is 61.5 Å². The summed E-state index contributed by atoms with van der Waals surface area (Å²) in [5.74, 6) is 1.09. The Morgan fingerprint density at radius 2 is 1.80 bits per heavy atom. The predicted octanol–water partition coefficient (Wildman–Crippen LogP) is 2.85. The lowest BCUT2D eigenvalue weighted by Crippen LogP contribution is -2.27. The van der Waals surface area contributed by atoms with Crippen molar-refractivity contribution in [2.24, 2.45) is 0 Å². The van der Waals surface area contributed by atoms with Gasteiger partial charge in [0.1, 0.15) is 0 Å². The third-order valence-corrected chi connectivity index (χ3v) is 4.47. The summed E-state index contributed by atoms with van der Waals surface area (Å²) in [5, 5.41) is 4.61. The molecule has 7 heteroatoms. The molecule has 25 heavy (non-hydrogen) atoms. The van der Waals surface area contributed by atoms with Gasteiger partial charge < -0.3 is 0 Å². The van der Waals surface area contributed by atoms with Gasteiger partial charge in [0.15, 0.2) is 11.6 Å². The first kappa shape index (κ1) is 17.3. The number of benzene rings is 2. The monoisotopic (exact) mass is 356 g/mol. The second-order valence-corrected chi connectivity index (χ2v) is 7.80. The number of nitrogens with one attached hydrogen (secondary N) is 1. The Labute approximate surface area is 147 Å². The lowest BCUT2D eigenvalue weighted by molar-refractivity contribution is 0.560. The Balaban J connectivity index is 2.12. The predicted molar refractivity (Wildman–Crippen MR) is 97.9 cm³/mol. The van der Waals surface area contributed by atoms with Crippen LogP contribution in [0.15, 0.2) is 54.6 Å². The second kappa shape index (κ2) is 6.78. The van der Waals surface area contributed by atoms with Crippen molar-refractivity contribution in [2.75, 3.05) is 6.26 Å². The Morgan fingerprint density at radius 3 is 2.44 bits per heavy atom. The summed E-state index contributed by atoms with van der Waals surface area (Å²) in [6.07, 6.45) is 1.13. The third kappa shape index (κ3) is 4.12. The van der Waals surface area contributed by atoms with Crippen LogP contribution in [0.2, 0.25) is 0 Å². The van der Waals surface area contributed by atoms with E-state index in [0.717, 1.165) is 23.1 Å². The Hall–Kier alpha value is -2.51. The minimum Gasteiger partial charge on any atom is -0.216 e. The van der Waals surface area contributed by atoms with Crippen LogP contribution in [0.5, 0.6) is 0 Å². The van der Waals surface area contributed by atoms with Crippen molar-refractivity contribution in [1.29, 1.82) is 0 Å². The lowest BCUT2D eigenvalue weighted by Gasteiger charge is -2.13. The zero-order valence-electron chi connectivity index (χ0n) is 14.3. The molecule has 3 rings (SSSR count). The van der Waals surface area contributed by atoms with Crippen LogP contribution in [0, 0.1) is 6.92 Å². The summed E-state index contributed by atoms with van der Waals surface area (Å²) in [6, 6.07) is 16.9. The molecule has 1 aromatic heterocycles. The molecular formula is C18H20N4O2S. The molecule has 0 aliphatic rings. The number of aryl methyl sites for hydroxylation is 1. The fraction of sp³-hybridized carbons (Fsp3) is 0.222. The van der Waals surface area contributed by atoms with Crippen LogP contribution < -0.4 is 4.72 Å². The summed E-state index contributed by atoms with van der Waals surface area (Å²) in [4.78, 5) is 4.60. The molecule has 1 N–H and O–H groups in total. The van der Waals surface area contributed by atoms with Crippen molar-refractivity contribution in [3.8, 4) is 17.1 Å². The van der Waals surface area contributed by atoms with Gasteiger partial charge in [0.05, 0.1) is 18.0 Å². The molecule has 2 aromatic carbocycles. The van der Waals surface area contributed by atoms with Crippen LogP contribution in [0.1, 0.15) is 24.4 Å². The molecule has 0 radical (unpaired) electrons. The highest BCUT2D eigenvalue weighted by Crippen LogP contribution is 2.22. The van der Waals surface area contributed by atoms with E-state index in [4.69, 9.17) is 0 Å². The van der Waals surface area contributed by atoms with Crippen molar-refractivity contribution in [1.82, 2.24) is 19.5 Å². The van der Waals surface area contributed by atoms with Gasteiger partial charge in [-0.25, -0.2) is 22.8 Å². The first-order valence-electron chi connectivity index (χ1n) is 7.90. The van der Waals surface area contributed by atoms with Gasteiger partial charge in [0, 0.05) is 5.56 Å². The SMILES string of the molecule is Cc1cccc(-n2nc(-c3ccccc3)nc2[C@@H](C)NS(C)(=O)=O)c1. The van der Waals surface area contributed by atoms with Crippen LogP contribution in [0.3, 0.4) is 0 Å². The summed E-state index contributed by atoms with van der Waals surface area (Å²) >= 11 is 0. The van der Waals surface area contributed by atoms with E-state index in [0.29, 0.717) is 11.6 Å². The Morgan fingerprint density at radius 1 is 1.08 bits per heavy atom. The zero-order chi connectivity index (χ0) is 18.0. The summed E-state index contributed by atoms with van der Waals surface area (Å²) in [6.45, 7) is 3.75. The summed E-state index contributed by atoms with van der Waals surface area (Å²) < 4.78 is 27.5. The van der Waals surface area contributed by atoms with E-state index < -0.39 is 16.1 Å². The maximum atomic E-state index is 11.6. The summed E-state index contributed by atoms with van der Waals surface area (Å²) in [5.41, 5.74) is 2.80. The minimum atomic E-state index is -3.37. The molecule has 3 aromatic rings. The molecule has 0 aliphatic carbocycles. The number of hydrogen-bond donors (Lipinski definition) is 1. The van der Waals surface area contributed by atoms with Gasteiger partial charge in [-0.1, -0.05) is 42.5 Å². The largest absolute Gasteiger partial charge is 0.216 e. The molecule has 1 atom stereocenters. The smallest absolute Gasteiger partial charge is 0.209 e. The van der Waals surface area contributed by atoms with Crippen molar-refractivity contribution in [3.05, 3.63) is 66.0 Å². The number of rotatable bonds is 5. The molecule has 0 fully saturated rings. The van der Waals surface area contributed by atoms with Crippen molar-refractivity contribution in [3.63, 3.8) is 0 Å². The first-order chi connectivity index (χ1) is 11.8. The normalized spacial score (nSPS) is 12.9. The van der Waals surface area contributed by atoms with Crippen LogP contribution in [0.4, 0.5) is 0 Å². The van der Waals surface area contributed by atoms with E-state index >= 15 is 0 Å². The van der Waals surface area contributed by atoms with E-state index in [9.17, 15) is 8.42 Å². The van der Waals surface area contributed by atoms with Crippen molar-refractivity contribution < 1.29 is 8.42 Å². The van der Waals surface area contributed by atoms with Crippen molar-refractivity contribution >= 4 is 10.0 Å². The van der Waals surface area contributed by atoms with Crippen LogP contribution in [-0.2, 0) is 10.0 Å². The molecule has 0 saturated carbocycles. The highest BCUT2D eigenvalue weighted by molar-refractivity contribution is 7.88. The molecule has 0 spiro atoms. The molecule has 6 nitrogen and oxygen atoms in total. The second-order valence-electron chi connectivity index (χ2n) is 6.02.